The first-order valence-electron chi connectivity index (χ1n) is 8.95. The van der Waals surface area contributed by atoms with E-state index in [4.69, 9.17) is 0 Å². The maximum absolute atomic E-state index is 13.6. The molecule has 0 spiro atoms. The predicted molar refractivity (Wildman–Crippen MR) is 98.2 cm³/mol. The Kier molecular flexibility index (Phi) is 6.12. The number of carbonyl (C=O) groups excluding carboxylic acids is 2. The van der Waals surface area contributed by atoms with Crippen molar-refractivity contribution in [3.05, 3.63) is 71.5 Å². The van der Waals surface area contributed by atoms with Gasteiger partial charge in [0, 0.05) is 23.6 Å². The fraction of sp³-hybridized carbons (Fsp3) is 0.333. The van der Waals surface area contributed by atoms with Crippen LogP contribution in [0.15, 0.2) is 54.6 Å². The Morgan fingerprint density at radius 2 is 1.65 bits per heavy atom. The van der Waals surface area contributed by atoms with Gasteiger partial charge in [0.15, 0.2) is 5.78 Å². The maximum atomic E-state index is 13.6. The summed E-state index contributed by atoms with van der Waals surface area (Å²) < 4.78 is 13.6. The smallest absolute Gasteiger partial charge is 0.234 e. The molecule has 1 aliphatic rings. The Morgan fingerprint density at radius 1 is 1.00 bits per heavy atom. The van der Waals surface area contributed by atoms with E-state index in [-0.39, 0.29) is 36.5 Å². The van der Waals surface area contributed by atoms with Crippen molar-refractivity contribution in [2.24, 2.45) is 5.92 Å². The summed E-state index contributed by atoms with van der Waals surface area (Å²) in [4.78, 5) is 26.6. The van der Waals surface area contributed by atoms with Crippen molar-refractivity contribution < 1.29 is 14.0 Å². The van der Waals surface area contributed by atoms with Gasteiger partial charge in [-0.3, -0.25) is 14.5 Å². The third kappa shape index (κ3) is 4.76. The lowest BCUT2D eigenvalue weighted by molar-refractivity contribution is -0.122. The highest BCUT2D eigenvalue weighted by atomic mass is 19.1. The van der Waals surface area contributed by atoms with E-state index >= 15 is 0 Å². The van der Waals surface area contributed by atoms with Crippen molar-refractivity contribution in [3.63, 3.8) is 0 Å². The van der Waals surface area contributed by atoms with Crippen molar-refractivity contribution in [2.45, 2.75) is 19.4 Å². The molecule has 0 aliphatic carbocycles. The van der Waals surface area contributed by atoms with E-state index in [9.17, 15) is 14.0 Å². The summed E-state index contributed by atoms with van der Waals surface area (Å²) in [6.07, 6.45) is 1.52. The van der Waals surface area contributed by atoms with E-state index < -0.39 is 0 Å². The van der Waals surface area contributed by atoms with Gasteiger partial charge in [-0.1, -0.05) is 48.5 Å². The van der Waals surface area contributed by atoms with Crippen LogP contribution in [0.5, 0.6) is 0 Å². The second kappa shape index (κ2) is 8.72. The molecule has 0 radical (unpaired) electrons. The predicted octanol–water partition coefficient (Wildman–Crippen LogP) is 3.04. The molecule has 1 amide bonds. The van der Waals surface area contributed by atoms with Crippen molar-refractivity contribution >= 4 is 11.7 Å². The molecule has 1 saturated heterocycles. The molecular weight excluding hydrogens is 331 g/mol. The number of carbonyl (C=O) groups is 2. The van der Waals surface area contributed by atoms with Gasteiger partial charge in [0.1, 0.15) is 5.82 Å². The number of amides is 1. The number of halogens is 1. The van der Waals surface area contributed by atoms with Crippen LogP contribution in [0.2, 0.25) is 0 Å². The summed E-state index contributed by atoms with van der Waals surface area (Å²) in [6.45, 7) is 1.90. The van der Waals surface area contributed by atoms with Crippen LogP contribution >= 0.6 is 0 Å². The summed E-state index contributed by atoms with van der Waals surface area (Å²) in [6, 6.07) is 15.8. The Hall–Kier alpha value is -2.53. The number of likely N-dealkylation sites (tertiary alicyclic amines) is 1. The molecule has 0 atom stereocenters. The van der Waals surface area contributed by atoms with Crippen LogP contribution in [0.25, 0.3) is 0 Å². The highest BCUT2D eigenvalue weighted by Crippen LogP contribution is 2.21. The van der Waals surface area contributed by atoms with Crippen LogP contribution in [0.3, 0.4) is 0 Å². The van der Waals surface area contributed by atoms with E-state index in [1.165, 1.54) is 6.07 Å². The third-order valence-corrected chi connectivity index (χ3v) is 4.82. The number of nitrogens with zero attached hydrogens (tertiary/aromatic N) is 1. The van der Waals surface area contributed by atoms with Crippen molar-refractivity contribution in [1.29, 1.82) is 0 Å². The standard InChI is InChI=1S/C21H23FN2O2/c22-19-9-5-4-8-18(19)14-23-20(25)15-24-12-10-17(11-13-24)21(26)16-6-2-1-3-7-16/h1-9,17H,10-15H2,(H,23,25). The Bertz CT molecular complexity index is 756. The molecule has 2 aromatic carbocycles. The van der Waals surface area contributed by atoms with E-state index in [0.29, 0.717) is 5.56 Å². The highest BCUT2D eigenvalue weighted by Gasteiger charge is 2.26. The molecule has 3 rings (SSSR count). The zero-order valence-electron chi connectivity index (χ0n) is 14.7. The lowest BCUT2D eigenvalue weighted by Gasteiger charge is -2.30. The average molecular weight is 354 g/mol. The Morgan fingerprint density at radius 3 is 2.35 bits per heavy atom. The number of rotatable bonds is 6. The molecule has 0 unspecified atom stereocenters. The van der Waals surface area contributed by atoms with Gasteiger partial charge >= 0.3 is 0 Å². The third-order valence-electron chi connectivity index (χ3n) is 4.82. The SMILES string of the molecule is O=C(CN1CCC(C(=O)c2ccccc2)CC1)NCc1ccccc1F. The van der Waals surface area contributed by atoms with Gasteiger partial charge in [-0.05, 0) is 32.0 Å². The van der Waals surface area contributed by atoms with Gasteiger partial charge in [0.2, 0.25) is 5.91 Å². The number of benzene rings is 2. The van der Waals surface area contributed by atoms with Crippen LogP contribution in [0, 0.1) is 11.7 Å². The van der Waals surface area contributed by atoms with E-state index in [1.807, 2.05) is 35.2 Å². The quantitative estimate of drug-likeness (QED) is 0.811. The zero-order valence-corrected chi connectivity index (χ0v) is 14.7. The fourth-order valence-corrected chi connectivity index (χ4v) is 3.29. The Balaban J connectivity index is 1.43. The Labute approximate surface area is 153 Å². The number of piperidine rings is 1. The summed E-state index contributed by atoms with van der Waals surface area (Å²) in [5.41, 5.74) is 1.24. The molecule has 136 valence electrons. The van der Waals surface area contributed by atoms with Crippen LogP contribution in [0.1, 0.15) is 28.8 Å². The van der Waals surface area contributed by atoms with Gasteiger partial charge in [0.05, 0.1) is 6.54 Å². The molecule has 2 aromatic rings. The highest BCUT2D eigenvalue weighted by molar-refractivity contribution is 5.97. The number of Topliss-reactive ketones (excluding diaryl/α,β-unsaturated/α-hetero) is 1. The minimum absolute atomic E-state index is 0.0233. The summed E-state index contributed by atoms with van der Waals surface area (Å²) in [5, 5.41) is 2.76. The molecule has 0 bridgehead atoms. The number of hydrogen-bond donors (Lipinski definition) is 1. The summed E-state index contributed by atoms with van der Waals surface area (Å²) in [5.74, 6) is -0.224. The molecule has 1 N–H and O–H groups in total. The van der Waals surface area contributed by atoms with Gasteiger partial charge in [-0.2, -0.15) is 0 Å². The van der Waals surface area contributed by atoms with Gasteiger partial charge in [-0.15, -0.1) is 0 Å². The second-order valence-corrected chi connectivity index (χ2v) is 6.65. The molecular formula is C21H23FN2O2. The van der Waals surface area contributed by atoms with Crippen LogP contribution < -0.4 is 5.32 Å². The van der Waals surface area contributed by atoms with E-state index in [0.717, 1.165) is 31.5 Å². The zero-order chi connectivity index (χ0) is 18.4. The molecule has 1 heterocycles. The molecule has 1 fully saturated rings. The summed E-state index contributed by atoms with van der Waals surface area (Å²) >= 11 is 0. The topological polar surface area (TPSA) is 49.4 Å². The first-order chi connectivity index (χ1) is 12.6. The minimum atomic E-state index is -0.312. The largest absolute Gasteiger partial charge is 0.351 e. The van der Waals surface area contributed by atoms with Gasteiger partial charge in [-0.25, -0.2) is 4.39 Å². The first-order valence-corrected chi connectivity index (χ1v) is 8.95. The molecule has 26 heavy (non-hydrogen) atoms. The van der Waals surface area contributed by atoms with Crippen LogP contribution in [0.4, 0.5) is 4.39 Å². The first kappa shape index (κ1) is 18.3. The van der Waals surface area contributed by atoms with E-state index in [2.05, 4.69) is 5.32 Å². The number of ketones is 1. The lowest BCUT2D eigenvalue weighted by Crippen LogP contribution is -2.42. The minimum Gasteiger partial charge on any atom is -0.351 e. The normalized spacial score (nSPS) is 15.6. The van der Waals surface area contributed by atoms with E-state index in [1.54, 1.807) is 18.2 Å². The molecule has 1 aliphatic heterocycles. The lowest BCUT2D eigenvalue weighted by atomic mass is 9.89. The maximum Gasteiger partial charge on any atom is 0.234 e. The van der Waals surface area contributed by atoms with Crippen LogP contribution in [-0.2, 0) is 11.3 Å². The average Bonchev–Trinajstić information content (AvgIpc) is 2.68. The number of hydrogen-bond acceptors (Lipinski definition) is 3. The second-order valence-electron chi connectivity index (χ2n) is 6.65. The monoisotopic (exact) mass is 354 g/mol. The van der Waals surface area contributed by atoms with Crippen molar-refractivity contribution in [3.8, 4) is 0 Å². The van der Waals surface area contributed by atoms with Crippen LogP contribution in [-0.4, -0.2) is 36.2 Å². The summed E-state index contributed by atoms with van der Waals surface area (Å²) in [7, 11) is 0. The molecule has 5 heteroatoms. The molecule has 0 saturated carbocycles. The molecule has 4 nitrogen and oxygen atoms in total. The van der Waals surface area contributed by atoms with Crippen molar-refractivity contribution in [2.75, 3.05) is 19.6 Å². The van der Waals surface area contributed by atoms with Gasteiger partial charge in [0.25, 0.3) is 0 Å². The number of nitrogens with one attached hydrogen (secondary N) is 1. The fourth-order valence-electron chi connectivity index (χ4n) is 3.29. The van der Waals surface area contributed by atoms with Gasteiger partial charge < -0.3 is 5.32 Å². The van der Waals surface area contributed by atoms with Crippen molar-refractivity contribution in [1.82, 2.24) is 10.2 Å². The molecule has 0 aromatic heterocycles.